The molecule has 0 N–H and O–H groups in total. The van der Waals surface area contributed by atoms with Gasteiger partial charge in [0.1, 0.15) is 12.8 Å². The van der Waals surface area contributed by atoms with Crippen molar-refractivity contribution in [1.82, 2.24) is 0 Å². The minimum Gasteiger partial charge on any atom is -0.494 e. The van der Waals surface area contributed by atoms with Crippen molar-refractivity contribution in [1.29, 1.82) is 0 Å². The first-order valence-corrected chi connectivity index (χ1v) is 16.1. The third-order valence-electron chi connectivity index (χ3n) is 7.95. The van der Waals surface area contributed by atoms with Crippen molar-refractivity contribution < 1.29 is 14.1 Å². The number of amides is 1. The molecule has 0 spiro atoms. The van der Waals surface area contributed by atoms with Gasteiger partial charge in [0.2, 0.25) is 0 Å². The van der Waals surface area contributed by atoms with E-state index < -0.39 is 0 Å². The van der Waals surface area contributed by atoms with E-state index in [4.69, 9.17) is 4.74 Å². The average molecular weight is 558 g/mol. The van der Waals surface area contributed by atoms with Gasteiger partial charge in [-0.3, -0.25) is 4.79 Å². The first-order valence-electron chi connectivity index (χ1n) is 16.1. The summed E-state index contributed by atoms with van der Waals surface area (Å²) < 4.78 is 8.02. The number of para-hydroxylation sites is 1. The first kappa shape index (κ1) is 32.4. The average Bonchev–Trinajstić information content (AvgIpc) is 2.99. The molecule has 2 aromatic carbocycles. The molecular formula is C37H53N2O2+. The molecule has 0 bridgehead atoms. The predicted octanol–water partition coefficient (Wildman–Crippen LogP) is 9.53. The molecule has 1 amide bonds. The summed E-state index contributed by atoms with van der Waals surface area (Å²) in [6, 6.07) is 19.9. The Bertz CT molecular complexity index is 1130. The number of aryl methyl sites for hydroxylation is 2. The summed E-state index contributed by atoms with van der Waals surface area (Å²) in [5, 5.41) is 0. The van der Waals surface area contributed by atoms with E-state index in [9.17, 15) is 4.79 Å². The van der Waals surface area contributed by atoms with Gasteiger partial charge < -0.3 is 9.64 Å². The first-order chi connectivity index (χ1) is 20.1. The summed E-state index contributed by atoms with van der Waals surface area (Å²) in [6.45, 7) is 5.66. The monoisotopic (exact) mass is 557 g/mol. The SMILES string of the molecule is CCCCCCCCCCCCCCCCOc1ccc(CN(C(=O)c2cc[n+](C)cc2)c2ccccc2)c(C)c1. The highest BCUT2D eigenvalue weighted by Crippen LogP contribution is 2.24. The second-order valence-corrected chi connectivity index (χ2v) is 11.5. The molecule has 41 heavy (non-hydrogen) atoms. The van der Waals surface area contributed by atoms with E-state index in [0.29, 0.717) is 12.1 Å². The van der Waals surface area contributed by atoms with Gasteiger partial charge in [-0.25, -0.2) is 4.57 Å². The van der Waals surface area contributed by atoms with Crippen molar-refractivity contribution in [3.63, 3.8) is 0 Å². The van der Waals surface area contributed by atoms with Gasteiger partial charge in [0.15, 0.2) is 12.4 Å². The Morgan fingerprint density at radius 3 is 1.85 bits per heavy atom. The van der Waals surface area contributed by atoms with Crippen molar-refractivity contribution in [3.8, 4) is 5.75 Å². The molecule has 0 aliphatic rings. The van der Waals surface area contributed by atoms with Gasteiger partial charge in [0.25, 0.3) is 5.91 Å². The van der Waals surface area contributed by atoms with Gasteiger partial charge in [0.05, 0.1) is 18.7 Å². The fourth-order valence-electron chi connectivity index (χ4n) is 5.28. The molecule has 222 valence electrons. The van der Waals surface area contributed by atoms with Crippen molar-refractivity contribution in [2.45, 2.75) is 110 Å². The number of pyridine rings is 1. The van der Waals surface area contributed by atoms with Crippen LogP contribution in [0.2, 0.25) is 0 Å². The molecule has 0 saturated carbocycles. The summed E-state index contributed by atoms with van der Waals surface area (Å²) in [6.07, 6.45) is 22.9. The van der Waals surface area contributed by atoms with Crippen molar-refractivity contribution >= 4 is 11.6 Å². The van der Waals surface area contributed by atoms with Crippen molar-refractivity contribution in [2.24, 2.45) is 7.05 Å². The third kappa shape index (κ3) is 12.1. The van der Waals surface area contributed by atoms with E-state index in [-0.39, 0.29) is 5.91 Å². The standard InChI is InChI=1S/C37H53N2O2/c1-4-5-6-7-8-9-10-11-12-13-14-15-16-20-29-41-36-24-23-34(32(2)30-36)31-39(35-21-18-17-19-22-35)37(40)33-25-27-38(3)28-26-33/h17-19,21-28,30H,4-16,20,29,31H2,1-3H3/q+1. The second kappa shape index (κ2) is 19.1. The minimum absolute atomic E-state index is 0.00525. The lowest BCUT2D eigenvalue weighted by molar-refractivity contribution is -0.671. The maximum atomic E-state index is 13.5. The molecule has 3 aromatic rings. The van der Waals surface area contributed by atoms with Crippen LogP contribution in [0.5, 0.6) is 5.75 Å². The minimum atomic E-state index is -0.00525. The largest absolute Gasteiger partial charge is 0.494 e. The van der Waals surface area contributed by atoms with Crippen LogP contribution >= 0.6 is 0 Å². The number of ether oxygens (including phenoxy) is 1. The summed E-state index contributed by atoms with van der Waals surface area (Å²) in [5.74, 6) is 0.906. The van der Waals surface area contributed by atoms with Crippen LogP contribution in [0.4, 0.5) is 5.69 Å². The molecule has 0 unspecified atom stereocenters. The van der Waals surface area contributed by atoms with Gasteiger partial charge in [-0.1, -0.05) is 115 Å². The Hall–Kier alpha value is -3.14. The van der Waals surface area contributed by atoms with E-state index in [1.165, 1.54) is 83.5 Å². The highest BCUT2D eigenvalue weighted by atomic mass is 16.5. The molecule has 0 aliphatic heterocycles. The van der Waals surface area contributed by atoms with E-state index >= 15 is 0 Å². The highest BCUT2D eigenvalue weighted by Gasteiger charge is 2.20. The van der Waals surface area contributed by atoms with Crippen LogP contribution in [-0.2, 0) is 13.6 Å². The smallest absolute Gasteiger partial charge is 0.259 e. The lowest BCUT2D eigenvalue weighted by atomic mass is 10.0. The molecule has 0 aliphatic carbocycles. The number of nitrogens with zero attached hydrogens (tertiary/aromatic N) is 2. The Balaban J connectivity index is 1.37. The Labute approximate surface area is 249 Å². The second-order valence-electron chi connectivity index (χ2n) is 11.5. The number of rotatable bonds is 20. The normalized spacial score (nSPS) is 11.0. The molecule has 0 fully saturated rings. The predicted molar refractivity (Wildman–Crippen MR) is 172 cm³/mol. The number of benzene rings is 2. The summed E-state index contributed by atoms with van der Waals surface area (Å²) >= 11 is 0. The van der Waals surface area contributed by atoms with Gasteiger partial charge in [-0.15, -0.1) is 0 Å². The van der Waals surface area contributed by atoms with Crippen LogP contribution in [-0.4, -0.2) is 12.5 Å². The van der Waals surface area contributed by atoms with Gasteiger partial charge in [-0.05, 0) is 48.7 Å². The van der Waals surface area contributed by atoms with Gasteiger partial charge >= 0.3 is 0 Å². The number of hydrogen-bond acceptors (Lipinski definition) is 2. The lowest BCUT2D eigenvalue weighted by Gasteiger charge is -2.24. The van der Waals surface area contributed by atoms with E-state index in [2.05, 4.69) is 26.0 Å². The molecule has 1 aromatic heterocycles. The van der Waals surface area contributed by atoms with Crippen LogP contribution in [0, 0.1) is 6.92 Å². The fourth-order valence-corrected chi connectivity index (χ4v) is 5.28. The molecule has 0 atom stereocenters. The van der Waals surface area contributed by atoms with Crippen LogP contribution in [0.15, 0.2) is 73.1 Å². The van der Waals surface area contributed by atoms with Crippen LogP contribution in [0.3, 0.4) is 0 Å². The lowest BCUT2D eigenvalue weighted by Crippen LogP contribution is -2.32. The molecular weight excluding hydrogens is 504 g/mol. The van der Waals surface area contributed by atoms with Crippen LogP contribution < -0.4 is 14.2 Å². The molecule has 4 heteroatoms. The number of aromatic nitrogens is 1. The quantitative estimate of drug-likeness (QED) is 0.102. The zero-order chi connectivity index (χ0) is 29.1. The topological polar surface area (TPSA) is 33.4 Å². The fraction of sp³-hybridized carbons (Fsp3) is 0.514. The number of unbranched alkanes of at least 4 members (excludes halogenated alkanes) is 13. The number of carbonyl (C=O) groups excluding carboxylic acids is 1. The van der Waals surface area contributed by atoms with E-state index in [0.717, 1.165) is 35.6 Å². The van der Waals surface area contributed by atoms with Gasteiger partial charge in [-0.2, -0.15) is 0 Å². The van der Waals surface area contributed by atoms with Crippen molar-refractivity contribution in [2.75, 3.05) is 11.5 Å². The summed E-state index contributed by atoms with van der Waals surface area (Å²) in [4.78, 5) is 15.4. The van der Waals surface area contributed by atoms with Gasteiger partial charge in [0, 0.05) is 17.8 Å². The Morgan fingerprint density at radius 1 is 0.732 bits per heavy atom. The number of anilines is 1. The molecule has 3 rings (SSSR count). The Kier molecular flexibility index (Phi) is 15.1. The van der Waals surface area contributed by atoms with Crippen LogP contribution in [0.1, 0.15) is 118 Å². The number of hydrogen-bond donors (Lipinski definition) is 0. The zero-order valence-electron chi connectivity index (χ0n) is 26.0. The zero-order valence-corrected chi connectivity index (χ0v) is 26.0. The molecule has 4 nitrogen and oxygen atoms in total. The Morgan fingerprint density at radius 2 is 1.29 bits per heavy atom. The maximum absolute atomic E-state index is 13.5. The third-order valence-corrected chi connectivity index (χ3v) is 7.95. The van der Waals surface area contributed by atoms with Crippen molar-refractivity contribution in [3.05, 3.63) is 89.7 Å². The van der Waals surface area contributed by atoms with E-state index in [1.807, 2.05) is 77.4 Å². The van der Waals surface area contributed by atoms with Crippen LogP contribution in [0.25, 0.3) is 0 Å². The summed E-state index contributed by atoms with van der Waals surface area (Å²) in [5.41, 5.74) is 3.82. The highest BCUT2D eigenvalue weighted by molar-refractivity contribution is 6.05. The van der Waals surface area contributed by atoms with E-state index in [1.54, 1.807) is 0 Å². The number of carbonyl (C=O) groups is 1. The maximum Gasteiger partial charge on any atom is 0.259 e. The molecule has 0 radical (unpaired) electrons. The molecule has 0 saturated heterocycles. The molecule has 1 heterocycles. The summed E-state index contributed by atoms with van der Waals surface area (Å²) in [7, 11) is 1.95.